The molecular formula is C12H20N2. The lowest BCUT2D eigenvalue weighted by Crippen LogP contribution is -2.41. The Morgan fingerprint density at radius 2 is 1.86 bits per heavy atom. The normalized spacial score (nSPS) is 13.1. The highest BCUT2D eigenvalue weighted by Crippen LogP contribution is 2.02. The van der Waals surface area contributed by atoms with E-state index in [1.807, 2.05) is 6.07 Å². The summed E-state index contributed by atoms with van der Waals surface area (Å²) >= 11 is 0. The first kappa shape index (κ1) is 11.2. The number of nitrogens with one attached hydrogen (secondary N) is 1. The molecule has 0 bridgehead atoms. The fourth-order valence-corrected chi connectivity index (χ4v) is 1.58. The van der Waals surface area contributed by atoms with Crippen molar-refractivity contribution in [1.82, 2.24) is 5.32 Å². The molecule has 2 nitrogen and oxygen atoms in total. The highest BCUT2D eigenvalue weighted by atomic mass is 15.0. The summed E-state index contributed by atoms with van der Waals surface area (Å²) in [4.78, 5) is 0. The van der Waals surface area contributed by atoms with Crippen molar-refractivity contribution in [3.63, 3.8) is 0 Å². The van der Waals surface area contributed by atoms with Crippen molar-refractivity contribution >= 4 is 0 Å². The first-order valence-electron chi connectivity index (χ1n) is 5.22. The van der Waals surface area contributed by atoms with Gasteiger partial charge >= 0.3 is 0 Å². The first-order chi connectivity index (χ1) is 6.72. The molecule has 0 radical (unpaired) electrons. The number of rotatable bonds is 5. The van der Waals surface area contributed by atoms with Gasteiger partial charge in [-0.25, -0.2) is 0 Å². The van der Waals surface area contributed by atoms with Gasteiger partial charge in [0.25, 0.3) is 0 Å². The number of nitrogens with two attached hydrogens (primary N) is 1. The smallest absolute Gasteiger partial charge is 0.0232 e. The minimum absolute atomic E-state index is 0.386. The Balaban J connectivity index is 2.48. The van der Waals surface area contributed by atoms with Gasteiger partial charge in [-0.15, -0.1) is 0 Å². The van der Waals surface area contributed by atoms with Crippen molar-refractivity contribution in [2.45, 2.75) is 32.4 Å². The molecule has 0 aliphatic rings. The number of hydrogen-bond donors (Lipinski definition) is 2. The fraction of sp³-hybridized carbons (Fsp3) is 0.500. The van der Waals surface area contributed by atoms with Gasteiger partial charge < -0.3 is 11.1 Å². The first-order valence-corrected chi connectivity index (χ1v) is 5.22. The van der Waals surface area contributed by atoms with Crippen LogP contribution in [-0.2, 0) is 6.42 Å². The van der Waals surface area contributed by atoms with Gasteiger partial charge in [-0.05, 0) is 12.0 Å². The topological polar surface area (TPSA) is 38.0 Å². The molecule has 0 amide bonds. The molecule has 1 aromatic rings. The lowest BCUT2D eigenvalue weighted by atomic mass is 10.1. The van der Waals surface area contributed by atoms with Crippen molar-refractivity contribution in [2.24, 2.45) is 5.73 Å². The predicted octanol–water partition coefficient (Wildman–Crippen LogP) is 1.55. The van der Waals surface area contributed by atoms with E-state index in [1.54, 1.807) is 0 Å². The van der Waals surface area contributed by atoms with Crippen LogP contribution in [0.25, 0.3) is 0 Å². The monoisotopic (exact) mass is 192 g/mol. The van der Waals surface area contributed by atoms with Gasteiger partial charge in [-0.1, -0.05) is 44.2 Å². The molecule has 3 N–H and O–H groups in total. The fourth-order valence-electron chi connectivity index (χ4n) is 1.58. The summed E-state index contributed by atoms with van der Waals surface area (Å²) in [5.74, 6) is 0. The second kappa shape index (κ2) is 5.78. The maximum absolute atomic E-state index is 5.71. The Bertz CT molecular complexity index is 244. The van der Waals surface area contributed by atoms with Crippen LogP contribution in [0.1, 0.15) is 19.4 Å². The van der Waals surface area contributed by atoms with E-state index >= 15 is 0 Å². The van der Waals surface area contributed by atoms with Gasteiger partial charge in [-0.2, -0.15) is 0 Å². The third kappa shape index (κ3) is 3.90. The molecule has 0 saturated carbocycles. The minimum Gasteiger partial charge on any atom is -0.329 e. The van der Waals surface area contributed by atoms with Crippen LogP contribution in [0.15, 0.2) is 30.3 Å². The molecule has 0 saturated heterocycles. The van der Waals surface area contributed by atoms with Gasteiger partial charge in [0.05, 0.1) is 0 Å². The van der Waals surface area contributed by atoms with Crippen LogP contribution in [-0.4, -0.2) is 18.6 Å². The standard InChI is InChI=1S/C12H20N2/c1-10(2)14-12(9-13)8-11-6-4-3-5-7-11/h3-7,10,12,14H,8-9,13H2,1-2H3. The zero-order chi connectivity index (χ0) is 10.4. The molecule has 0 spiro atoms. The summed E-state index contributed by atoms with van der Waals surface area (Å²) in [5.41, 5.74) is 7.05. The van der Waals surface area contributed by atoms with E-state index in [0.717, 1.165) is 6.42 Å². The quantitative estimate of drug-likeness (QED) is 0.743. The van der Waals surface area contributed by atoms with Crippen molar-refractivity contribution in [3.05, 3.63) is 35.9 Å². The van der Waals surface area contributed by atoms with Crippen molar-refractivity contribution in [1.29, 1.82) is 0 Å². The summed E-state index contributed by atoms with van der Waals surface area (Å²) in [7, 11) is 0. The Labute approximate surface area is 86.5 Å². The Hall–Kier alpha value is -0.860. The van der Waals surface area contributed by atoms with E-state index in [4.69, 9.17) is 5.73 Å². The van der Waals surface area contributed by atoms with Crippen LogP contribution in [0.4, 0.5) is 0 Å². The van der Waals surface area contributed by atoms with E-state index in [2.05, 4.69) is 43.4 Å². The third-order valence-electron chi connectivity index (χ3n) is 2.18. The maximum Gasteiger partial charge on any atom is 0.0232 e. The highest BCUT2D eigenvalue weighted by Gasteiger charge is 2.07. The molecule has 14 heavy (non-hydrogen) atoms. The van der Waals surface area contributed by atoms with Crippen LogP contribution in [0.3, 0.4) is 0 Å². The summed E-state index contributed by atoms with van der Waals surface area (Å²) in [5, 5.41) is 3.45. The van der Waals surface area contributed by atoms with Crippen LogP contribution in [0.5, 0.6) is 0 Å². The highest BCUT2D eigenvalue weighted by molar-refractivity contribution is 5.16. The van der Waals surface area contributed by atoms with Crippen molar-refractivity contribution in [3.8, 4) is 0 Å². The molecule has 1 atom stereocenters. The molecule has 0 aliphatic carbocycles. The molecular weight excluding hydrogens is 172 g/mol. The second-order valence-corrected chi connectivity index (χ2v) is 3.94. The molecule has 78 valence electrons. The molecule has 1 aromatic carbocycles. The summed E-state index contributed by atoms with van der Waals surface area (Å²) in [6.07, 6.45) is 1.01. The molecule has 1 rings (SSSR count). The van der Waals surface area contributed by atoms with E-state index in [0.29, 0.717) is 18.6 Å². The van der Waals surface area contributed by atoms with E-state index in [9.17, 15) is 0 Å². The SMILES string of the molecule is CC(C)NC(CN)Cc1ccccc1. The summed E-state index contributed by atoms with van der Waals surface area (Å²) < 4.78 is 0. The van der Waals surface area contributed by atoms with Crippen molar-refractivity contribution < 1.29 is 0 Å². The summed E-state index contributed by atoms with van der Waals surface area (Å²) in [6.45, 7) is 4.98. The van der Waals surface area contributed by atoms with Gasteiger partial charge in [-0.3, -0.25) is 0 Å². The largest absolute Gasteiger partial charge is 0.329 e. The second-order valence-electron chi connectivity index (χ2n) is 3.94. The van der Waals surface area contributed by atoms with Crippen LogP contribution < -0.4 is 11.1 Å². The molecule has 1 unspecified atom stereocenters. The number of hydrogen-bond acceptors (Lipinski definition) is 2. The molecule has 2 heteroatoms. The molecule has 0 heterocycles. The van der Waals surface area contributed by atoms with E-state index in [-0.39, 0.29) is 0 Å². The lowest BCUT2D eigenvalue weighted by molar-refractivity contribution is 0.466. The predicted molar refractivity (Wildman–Crippen MR) is 61.3 cm³/mol. The van der Waals surface area contributed by atoms with Crippen LogP contribution in [0, 0.1) is 0 Å². The number of benzene rings is 1. The van der Waals surface area contributed by atoms with E-state index < -0.39 is 0 Å². The van der Waals surface area contributed by atoms with Crippen LogP contribution in [0.2, 0.25) is 0 Å². The van der Waals surface area contributed by atoms with Gasteiger partial charge in [0.1, 0.15) is 0 Å². The van der Waals surface area contributed by atoms with Gasteiger partial charge in [0, 0.05) is 18.6 Å². The zero-order valence-corrected chi connectivity index (χ0v) is 9.03. The molecule has 0 aliphatic heterocycles. The Morgan fingerprint density at radius 1 is 1.21 bits per heavy atom. The Kier molecular flexibility index (Phi) is 4.63. The van der Waals surface area contributed by atoms with Crippen molar-refractivity contribution in [2.75, 3.05) is 6.54 Å². The average molecular weight is 192 g/mol. The zero-order valence-electron chi connectivity index (χ0n) is 9.03. The van der Waals surface area contributed by atoms with Gasteiger partial charge in [0.15, 0.2) is 0 Å². The maximum atomic E-state index is 5.71. The minimum atomic E-state index is 0.386. The lowest BCUT2D eigenvalue weighted by Gasteiger charge is -2.19. The Morgan fingerprint density at radius 3 is 2.36 bits per heavy atom. The third-order valence-corrected chi connectivity index (χ3v) is 2.18. The van der Waals surface area contributed by atoms with Crippen LogP contribution >= 0.6 is 0 Å². The average Bonchev–Trinajstić information content (AvgIpc) is 2.17. The van der Waals surface area contributed by atoms with Gasteiger partial charge in [0.2, 0.25) is 0 Å². The van der Waals surface area contributed by atoms with E-state index in [1.165, 1.54) is 5.56 Å². The molecule has 0 fully saturated rings. The summed E-state index contributed by atoms with van der Waals surface area (Å²) in [6, 6.07) is 11.3. The molecule has 0 aromatic heterocycles.